The van der Waals surface area contributed by atoms with Crippen LogP contribution in [0.3, 0.4) is 0 Å². The summed E-state index contributed by atoms with van der Waals surface area (Å²) in [5, 5.41) is 0. The van der Waals surface area contributed by atoms with Gasteiger partial charge in [0.15, 0.2) is 0 Å². The fourth-order valence-corrected chi connectivity index (χ4v) is 3.56. The molecule has 0 atom stereocenters. The van der Waals surface area contributed by atoms with Crippen LogP contribution in [0.25, 0.3) is 0 Å². The van der Waals surface area contributed by atoms with E-state index < -0.39 is 0 Å². The van der Waals surface area contributed by atoms with Crippen LogP contribution in [0.2, 0.25) is 0 Å². The third-order valence-electron chi connectivity index (χ3n) is 4.84. The first kappa shape index (κ1) is 12.1. The van der Waals surface area contributed by atoms with Crippen molar-refractivity contribution in [2.24, 2.45) is 17.8 Å². The molecule has 0 aliphatic heterocycles. The molecule has 16 heavy (non-hydrogen) atoms. The van der Waals surface area contributed by atoms with Crippen LogP contribution in [0.15, 0.2) is 0 Å². The fourth-order valence-electron chi connectivity index (χ4n) is 3.56. The van der Waals surface area contributed by atoms with Gasteiger partial charge in [-0.15, -0.1) is 0 Å². The van der Waals surface area contributed by atoms with Crippen LogP contribution < -0.4 is 0 Å². The predicted molar refractivity (Wildman–Crippen MR) is 67.3 cm³/mol. The van der Waals surface area contributed by atoms with Gasteiger partial charge < -0.3 is 0 Å². The molecule has 2 aliphatic rings. The van der Waals surface area contributed by atoms with Gasteiger partial charge in [0.25, 0.3) is 0 Å². The Bertz CT molecular complexity index is 220. The Morgan fingerprint density at radius 2 is 1.56 bits per heavy atom. The van der Waals surface area contributed by atoms with Gasteiger partial charge in [0, 0.05) is 12.3 Å². The monoisotopic (exact) mass is 222 g/mol. The Hall–Kier alpha value is -0.330. The molecule has 0 heterocycles. The normalized spacial score (nSPS) is 31.8. The number of carbonyl (C=O) groups is 1. The van der Waals surface area contributed by atoms with Crippen LogP contribution in [0, 0.1) is 17.8 Å². The standard InChI is InChI=1S/C15H26O/c1-2-12-7-9-14(10-8-12)15(16)11-13-5-3-4-6-13/h12-14H,2-11H2,1H3. The Morgan fingerprint density at radius 3 is 2.12 bits per heavy atom. The summed E-state index contributed by atoms with van der Waals surface area (Å²) < 4.78 is 0. The summed E-state index contributed by atoms with van der Waals surface area (Å²) >= 11 is 0. The first-order valence-corrected chi connectivity index (χ1v) is 7.32. The minimum atomic E-state index is 0.434. The van der Waals surface area contributed by atoms with Gasteiger partial charge in [-0.05, 0) is 37.5 Å². The van der Waals surface area contributed by atoms with Crippen LogP contribution >= 0.6 is 0 Å². The second-order valence-electron chi connectivity index (χ2n) is 5.95. The molecule has 0 saturated heterocycles. The third kappa shape index (κ3) is 3.09. The van der Waals surface area contributed by atoms with Gasteiger partial charge in [-0.1, -0.05) is 39.0 Å². The van der Waals surface area contributed by atoms with E-state index in [2.05, 4.69) is 6.92 Å². The van der Waals surface area contributed by atoms with E-state index in [0.29, 0.717) is 11.7 Å². The molecular weight excluding hydrogens is 196 g/mol. The summed E-state index contributed by atoms with van der Waals surface area (Å²) in [6.07, 6.45) is 12.5. The lowest BCUT2D eigenvalue weighted by Gasteiger charge is -2.27. The predicted octanol–water partition coefficient (Wildman–Crippen LogP) is 4.35. The average molecular weight is 222 g/mol. The SMILES string of the molecule is CCC1CCC(C(=O)CC2CCCC2)CC1. The molecular formula is C15H26O. The zero-order chi connectivity index (χ0) is 11.4. The Balaban J connectivity index is 1.73. The van der Waals surface area contributed by atoms with E-state index in [1.807, 2.05) is 0 Å². The minimum absolute atomic E-state index is 0.434. The van der Waals surface area contributed by atoms with E-state index in [0.717, 1.165) is 18.3 Å². The fraction of sp³-hybridized carbons (Fsp3) is 0.933. The molecule has 0 unspecified atom stereocenters. The average Bonchev–Trinajstić information content (AvgIpc) is 2.82. The number of ketones is 1. The second-order valence-corrected chi connectivity index (χ2v) is 5.95. The van der Waals surface area contributed by atoms with Gasteiger partial charge >= 0.3 is 0 Å². The quantitative estimate of drug-likeness (QED) is 0.691. The maximum Gasteiger partial charge on any atom is 0.136 e. The topological polar surface area (TPSA) is 17.1 Å². The highest BCUT2D eigenvalue weighted by Crippen LogP contribution is 2.34. The van der Waals surface area contributed by atoms with Gasteiger partial charge in [0.1, 0.15) is 5.78 Å². The van der Waals surface area contributed by atoms with Crippen molar-refractivity contribution in [3.8, 4) is 0 Å². The molecule has 0 aromatic rings. The Kier molecular flexibility index (Phi) is 4.43. The van der Waals surface area contributed by atoms with Crippen molar-refractivity contribution in [3.05, 3.63) is 0 Å². The molecule has 2 rings (SSSR count). The van der Waals surface area contributed by atoms with E-state index in [1.54, 1.807) is 0 Å². The van der Waals surface area contributed by atoms with E-state index in [-0.39, 0.29) is 0 Å². The Morgan fingerprint density at radius 1 is 0.938 bits per heavy atom. The highest BCUT2D eigenvalue weighted by atomic mass is 16.1. The maximum atomic E-state index is 12.1. The van der Waals surface area contributed by atoms with Gasteiger partial charge in [0.05, 0.1) is 0 Å². The summed E-state index contributed by atoms with van der Waals surface area (Å²) in [6.45, 7) is 2.28. The molecule has 1 heteroatoms. The van der Waals surface area contributed by atoms with Crippen LogP contribution in [0.4, 0.5) is 0 Å². The minimum Gasteiger partial charge on any atom is -0.299 e. The first-order valence-electron chi connectivity index (χ1n) is 7.32. The number of Topliss-reactive ketones (excluding diaryl/α,β-unsaturated/α-hetero) is 1. The van der Waals surface area contributed by atoms with Gasteiger partial charge in [-0.25, -0.2) is 0 Å². The van der Waals surface area contributed by atoms with Gasteiger partial charge in [0.2, 0.25) is 0 Å². The highest BCUT2D eigenvalue weighted by Gasteiger charge is 2.27. The van der Waals surface area contributed by atoms with Crippen molar-refractivity contribution in [3.63, 3.8) is 0 Å². The molecule has 2 fully saturated rings. The van der Waals surface area contributed by atoms with E-state index in [4.69, 9.17) is 0 Å². The largest absolute Gasteiger partial charge is 0.299 e. The lowest BCUT2D eigenvalue weighted by atomic mass is 9.77. The molecule has 0 bridgehead atoms. The van der Waals surface area contributed by atoms with Crippen LogP contribution in [-0.4, -0.2) is 5.78 Å². The lowest BCUT2D eigenvalue weighted by molar-refractivity contribution is -0.125. The van der Waals surface area contributed by atoms with Crippen molar-refractivity contribution < 1.29 is 4.79 Å². The third-order valence-corrected chi connectivity index (χ3v) is 4.84. The molecule has 0 aromatic heterocycles. The van der Waals surface area contributed by atoms with Gasteiger partial charge in [-0.3, -0.25) is 4.79 Å². The molecule has 0 spiro atoms. The molecule has 0 amide bonds. The van der Waals surface area contributed by atoms with E-state index in [1.165, 1.54) is 57.8 Å². The zero-order valence-corrected chi connectivity index (χ0v) is 10.7. The molecule has 0 N–H and O–H groups in total. The highest BCUT2D eigenvalue weighted by molar-refractivity contribution is 5.81. The van der Waals surface area contributed by atoms with Crippen LogP contribution in [0.5, 0.6) is 0 Å². The smallest absolute Gasteiger partial charge is 0.136 e. The van der Waals surface area contributed by atoms with E-state index in [9.17, 15) is 4.79 Å². The molecule has 0 aromatic carbocycles. The summed E-state index contributed by atoms with van der Waals surface area (Å²) in [6, 6.07) is 0. The van der Waals surface area contributed by atoms with Crippen LogP contribution in [0.1, 0.15) is 71.1 Å². The number of rotatable bonds is 4. The summed E-state index contributed by atoms with van der Waals surface area (Å²) in [4.78, 5) is 12.1. The molecule has 1 nitrogen and oxygen atoms in total. The molecule has 0 radical (unpaired) electrons. The first-order chi connectivity index (χ1) is 7.79. The molecule has 92 valence electrons. The molecule has 2 aliphatic carbocycles. The summed E-state index contributed by atoms with van der Waals surface area (Å²) in [5.41, 5.74) is 0. The Labute approximate surface area is 100.0 Å². The van der Waals surface area contributed by atoms with Crippen molar-refractivity contribution in [2.45, 2.75) is 71.1 Å². The lowest BCUT2D eigenvalue weighted by Crippen LogP contribution is -2.23. The van der Waals surface area contributed by atoms with Crippen molar-refractivity contribution in [1.82, 2.24) is 0 Å². The van der Waals surface area contributed by atoms with Crippen molar-refractivity contribution in [1.29, 1.82) is 0 Å². The number of hydrogen-bond donors (Lipinski definition) is 0. The summed E-state index contributed by atoms with van der Waals surface area (Å²) in [7, 11) is 0. The second kappa shape index (κ2) is 5.84. The molecule has 2 saturated carbocycles. The number of hydrogen-bond acceptors (Lipinski definition) is 1. The maximum absolute atomic E-state index is 12.1. The van der Waals surface area contributed by atoms with Crippen molar-refractivity contribution in [2.75, 3.05) is 0 Å². The van der Waals surface area contributed by atoms with E-state index >= 15 is 0 Å². The number of carbonyl (C=O) groups excluding carboxylic acids is 1. The van der Waals surface area contributed by atoms with Crippen molar-refractivity contribution >= 4 is 5.78 Å². The van der Waals surface area contributed by atoms with Gasteiger partial charge in [-0.2, -0.15) is 0 Å². The zero-order valence-electron chi connectivity index (χ0n) is 10.7. The summed E-state index contributed by atoms with van der Waals surface area (Å²) in [5.74, 6) is 2.69. The van der Waals surface area contributed by atoms with Crippen LogP contribution in [-0.2, 0) is 4.79 Å².